The number of hydrogen-bond donors (Lipinski definition) is 2. The Balaban J connectivity index is 1.83. The van der Waals surface area contributed by atoms with Crippen molar-refractivity contribution < 1.29 is 5.11 Å². The molecule has 2 N–H and O–H groups in total. The highest BCUT2D eigenvalue weighted by atomic mass is 16.3. The zero-order valence-electron chi connectivity index (χ0n) is 14.3. The van der Waals surface area contributed by atoms with Gasteiger partial charge < -0.3 is 19.6 Å². The Morgan fingerprint density at radius 2 is 2.40 bits per heavy atom. The van der Waals surface area contributed by atoms with Crippen LogP contribution >= 0.6 is 0 Å². The number of rotatable bonds is 4. The van der Waals surface area contributed by atoms with Gasteiger partial charge in [-0.3, -0.25) is 0 Å². The van der Waals surface area contributed by atoms with Crippen LogP contribution in [0.1, 0.15) is 44.2 Å². The van der Waals surface area contributed by atoms with Crippen molar-refractivity contribution in [1.82, 2.24) is 24.4 Å². The highest BCUT2D eigenvalue weighted by Crippen LogP contribution is 2.33. The largest absolute Gasteiger partial charge is 0.385 e. The summed E-state index contributed by atoms with van der Waals surface area (Å²) in [5, 5.41) is 20.2. The van der Waals surface area contributed by atoms with Gasteiger partial charge in [0.1, 0.15) is 23.1 Å². The summed E-state index contributed by atoms with van der Waals surface area (Å²) in [6.07, 6.45) is 5.69. The molecular formula is C18H22N6O. The van der Waals surface area contributed by atoms with E-state index >= 15 is 0 Å². The molecule has 3 aromatic rings. The van der Waals surface area contributed by atoms with Crippen LogP contribution < -0.4 is 0 Å². The van der Waals surface area contributed by atoms with E-state index in [4.69, 9.17) is 5.26 Å². The van der Waals surface area contributed by atoms with E-state index in [2.05, 4.69) is 30.5 Å². The number of imidazole rings is 1. The fraction of sp³-hybridized carbons (Fsp3) is 0.500. The molecule has 3 aromatic heterocycles. The summed E-state index contributed by atoms with van der Waals surface area (Å²) in [5.41, 5.74) is 2.69. The molecule has 1 fully saturated rings. The van der Waals surface area contributed by atoms with E-state index in [1.54, 1.807) is 13.1 Å². The average Bonchev–Trinajstić information content (AvgIpc) is 3.23. The van der Waals surface area contributed by atoms with Crippen LogP contribution in [0.5, 0.6) is 0 Å². The molecule has 0 aliphatic carbocycles. The number of likely N-dealkylation sites (tertiary alicyclic amines) is 1. The second kappa shape index (κ2) is 6.47. The highest BCUT2D eigenvalue weighted by Gasteiger charge is 2.27. The molecule has 1 aliphatic rings. The van der Waals surface area contributed by atoms with Gasteiger partial charge in [0, 0.05) is 37.1 Å². The molecule has 0 radical (unpaired) electrons. The Kier molecular flexibility index (Phi) is 4.15. The predicted octanol–water partition coefficient (Wildman–Crippen LogP) is 2.52. The normalized spacial score (nSPS) is 20.1. The molecule has 130 valence electrons. The third-order valence-electron chi connectivity index (χ3n) is 5.02. The number of nitrogens with one attached hydrogen (secondary N) is 1. The number of aromatic amines is 1. The Morgan fingerprint density at radius 1 is 1.52 bits per heavy atom. The molecule has 0 amide bonds. The van der Waals surface area contributed by atoms with Crippen LogP contribution in [0.15, 0.2) is 18.5 Å². The van der Waals surface area contributed by atoms with Gasteiger partial charge in [-0.25, -0.2) is 9.97 Å². The lowest BCUT2D eigenvalue weighted by atomic mass is 10.0. The zero-order valence-corrected chi connectivity index (χ0v) is 14.3. The van der Waals surface area contributed by atoms with Crippen LogP contribution in [0, 0.1) is 11.3 Å². The van der Waals surface area contributed by atoms with Gasteiger partial charge in [0.2, 0.25) is 0 Å². The molecule has 0 saturated carbocycles. The van der Waals surface area contributed by atoms with Crippen LogP contribution in [0.25, 0.3) is 22.1 Å². The van der Waals surface area contributed by atoms with E-state index in [0.717, 1.165) is 54.5 Å². The van der Waals surface area contributed by atoms with Crippen molar-refractivity contribution in [2.75, 3.05) is 19.6 Å². The first-order chi connectivity index (χ1) is 12.2. The summed E-state index contributed by atoms with van der Waals surface area (Å²) in [4.78, 5) is 14.6. The second-order valence-corrected chi connectivity index (χ2v) is 6.75. The maximum absolute atomic E-state index is 10.3. The number of pyridine rings is 1. The number of piperidine rings is 1. The maximum atomic E-state index is 10.3. The summed E-state index contributed by atoms with van der Waals surface area (Å²) in [7, 11) is 0. The van der Waals surface area contributed by atoms with E-state index in [1.807, 2.05) is 12.3 Å². The molecule has 4 rings (SSSR count). The molecule has 0 spiro atoms. The first-order valence-electron chi connectivity index (χ1n) is 8.80. The molecule has 0 aromatic carbocycles. The fourth-order valence-corrected chi connectivity index (χ4v) is 3.93. The van der Waals surface area contributed by atoms with Gasteiger partial charge in [-0.15, -0.1) is 0 Å². The van der Waals surface area contributed by atoms with Crippen molar-refractivity contribution in [1.29, 1.82) is 5.26 Å². The molecule has 25 heavy (non-hydrogen) atoms. The second-order valence-electron chi connectivity index (χ2n) is 6.75. The number of hydrogen-bond acceptors (Lipinski definition) is 5. The number of fused-ring (bicyclic) bond motifs is 3. The van der Waals surface area contributed by atoms with E-state index in [1.165, 1.54) is 0 Å². The number of aliphatic hydroxyl groups is 1. The predicted molar refractivity (Wildman–Crippen MR) is 95.0 cm³/mol. The van der Waals surface area contributed by atoms with Crippen molar-refractivity contribution >= 4 is 22.1 Å². The Morgan fingerprint density at radius 3 is 3.20 bits per heavy atom. The van der Waals surface area contributed by atoms with E-state index < -0.39 is 6.10 Å². The van der Waals surface area contributed by atoms with Gasteiger partial charge in [0.15, 0.2) is 0 Å². The van der Waals surface area contributed by atoms with Crippen molar-refractivity contribution in [3.05, 3.63) is 24.3 Å². The van der Waals surface area contributed by atoms with Gasteiger partial charge in [0.25, 0.3) is 0 Å². The Hall–Kier alpha value is -2.43. The van der Waals surface area contributed by atoms with E-state index in [-0.39, 0.29) is 6.04 Å². The first kappa shape index (κ1) is 16.1. The Labute approximate surface area is 145 Å². The minimum atomic E-state index is -0.643. The molecule has 0 bridgehead atoms. The average molecular weight is 338 g/mol. The molecule has 2 unspecified atom stereocenters. The van der Waals surface area contributed by atoms with Crippen LogP contribution in [0.2, 0.25) is 0 Å². The topological polar surface area (TPSA) is 93.8 Å². The number of aromatic nitrogens is 4. The smallest absolute Gasteiger partial charge is 0.139 e. The monoisotopic (exact) mass is 338 g/mol. The zero-order chi connectivity index (χ0) is 17.4. The first-order valence-corrected chi connectivity index (χ1v) is 8.80. The molecule has 1 saturated heterocycles. The third-order valence-corrected chi connectivity index (χ3v) is 5.02. The van der Waals surface area contributed by atoms with E-state index in [9.17, 15) is 5.11 Å². The van der Waals surface area contributed by atoms with Crippen LogP contribution in [0.3, 0.4) is 0 Å². The fourth-order valence-electron chi connectivity index (χ4n) is 3.93. The van der Waals surface area contributed by atoms with Crippen LogP contribution in [-0.2, 0) is 0 Å². The lowest BCUT2D eigenvalue weighted by Crippen LogP contribution is -2.37. The van der Waals surface area contributed by atoms with Gasteiger partial charge in [-0.1, -0.05) is 0 Å². The summed E-state index contributed by atoms with van der Waals surface area (Å²) < 4.78 is 2.20. The van der Waals surface area contributed by atoms with Crippen molar-refractivity contribution in [2.24, 2.45) is 0 Å². The summed E-state index contributed by atoms with van der Waals surface area (Å²) in [5.74, 6) is 0.692. The summed E-state index contributed by atoms with van der Waals surface area (Å²) >= 11 is 0. The van der Waals surface area contributed by atoms with Crippen molar-refractivity contribution in [3.8, 4) is 6.07 Å². The molecule has 1 aliphatic heterocycles. The van der Waals surface area contributed by atoms with Gasteiger partial charge in [0.05, 0.1) is 17.8 Å². The lowest BCUT2D eigenvalue weighted by molar-refractivity contribution is 0.155. The minimum absolute atomic E-state index is 0.238. The summed E-state index contributed by atoms with van der Waals surface area (Å²) in [6, 6.07) is 4.49. The van der Waals surface area contributed by atoms with Gasteiger partial charge in [-0.2, -0.15) is 5.26 Å². The van der Waals surface area contributed by atoms with Gasteiger partial charge >= 0.3 is 0 Å². The quantitative estimate of drug-likeness (QED) is 0.762. The van der Waals surface area contributed by atoms with E-state index in [0.29, 0.717) is 12.2 Å². The van der Waals surface area contributed by atoms with Crippen molar-refractivity contribution in [2.45, 2.75) is 38.3 Å². The third kappa shape index (κ3) is 2.77. The number of aliphatic hydroxyl groups excluding tert-OH is 1. The standard InChI is InChI=1S/C18H22N6O/c1-12(25)18-22-15-10-21-17-14(5-7-20-17)16(15)24(18)13-4-2-8-23(11-13)9-3-6-19/h5,7,10,12-13,25H,2-4,8-9,11H2,1H3,(H,20,21). The minimum Gasteiger partial charge on any atom is -0.385 e. The molecule has 7 heteroatoms. The van der Waals surface area contributed by atoms with Gasteiger partial charge in [-0.05, 0) is 32.4 Å². The molecule has 4 heterocycles. The molecule has 7 nitrogen and oxygen atoms in total. The van der Waals surface area contributed by atoms with Crippen LogP contribution in [-0.4, -0.2) is 49.2 Å². The Bertz CT molecular complexity index is 934. The summed E-state index contributed by atoms with van der Waals surface area (Å²) in [6.45, 7) is 4.46. The number of H-pyrrole nitrogens is 1. The number of nitriles is 1. The van der Waals surface area contributed by atoms with Crippen LogP contribution in [0.4, 0.5) is 0 Å². The maximum Gasteiger partial charge on any atom is 0.139 e. The SMILES string of the molecule is CC(O)c1nc2cnc3[nH]ccc3c2n1C1CCCN(CCC#N)C1. The molecular weight excluding hydrogens is 316 g/mol. The lowest BCUT2D eigenvalue weighted by Gasteiger charge is -2.34. The highest BCUT2D eigenvalue weighted by molar-refractivity contribution is 6.01. The molecule has 2 atom stereocenters. The number of nitrogens with zero attached hydrogens (tertiary/aromatic N) is 5. The van der Waals surface area contributed by atoms with Crippen molar-refractivity contribution in [3.63, 3.8) is 0 Å².